The zero-order chi connectivity index (χ0) is 12.3. The second-order valence-electron chi connectivity index (χ2n) is 5.19. The lowest BCUT2D eigenvalue weighted by Crippen LogP contribution is -2.49. The molecule has 4 heteroatoms. The molecule has 2 aliphatic heterocycles. The van der Waals surface area contributed by atoms with E-state index in [1.807, 2.05) is 4.90 Å². The third-order valence-electron chi connectivity index (χ3n) is 4.33. The quantitative estimate of drug-likeness (QED) is 0.750. The van der Waals surface area contributed by atoms with E-state index in [4.69, 9.17) is 9.47 Å². The minimum absolute atomic E-state index is 0.0322. The number of likely N-dealkylation sites (tertiary alicyclic amines) is 1. The number of ether oxygens (including phenoxy) is 2. The summed E-state index contributed by atoms with van der Waals surface area (Å²) in [7, 11) is 1.75. The first-order valence-electron chi connectivity index (χ1n) is 6.56. The molecule has 0 unspecified atom stereocenters. The zero-order valence-corrected chi connectivity index (χ0v) is 10.9. The molecule has 0 bridgehead atoms. The van der Waals surface area contributed by atoms with Crippen molar-refractivity contribution in [3.8, 4) is 0 Å². The number of carbonyl (C=O) groups excluding carboxylic acids is 1. The Bertz CT molecular complexity index is 272. The van der Waals surface area contributed by atoms with E-state index in [0.29, 0.717) is 5.92 Å². The van der Waals surface area contributed by atoms with Gasteiger partial charge in [-0.2, -0.15) is 0 Å². The maximum atomic E-state index is 11.3. The first-order valence-corrected chi connectivity index (χ1v) is 6.56. The molecule has 1 amide bonds. The van der Waals surface area contributed by atoms with E-state index in [2.05, 4.69) is 0 Å². The number of hydrogen-bond acceptors (Lipinski definition) is 3. The fraction of sp³-hybridized carbons (Fsp3) is 0.923. The van der Waals surface area contributed by atoms with Crippen molar-refractivity contribution in [3.05, 3.63) is 0 Å². The molecule has 0 radical (unpaired) electrons. The number of nitrogens with zero attached hydrogens (tertiary/aromatic N) is 1. The smallest absolute Gasteiger partial charge is 0.219 e. The Morgan fingerprint density at radius 1 is 1.47 bits per heavy atom. The Balaban J connectivity index is 1.93. The number of rotatable bonds is 3. The summed E-state index contributed by atoms with van der Waals surface area (Å²) in [4.78, 5) is 13.3. The Morgan fingerprint density at radius 3 is 2.76 bits per heavy atom. The minimum atomic E-state index is 0.0322. The van der Waals surface area contributed by atoms with Crippen LogP contribution in [0.2, 0.25) is 0 Å². The van der Waals surface area contributed by atoms with Crippen LogP contribution >= 0.6 is 0 Å². The molecule has 2 heterocycles. The highest BCUT2D eigenvalue weighted by atomic mass is 16.5. The van der Waals surface area contributed by atoms with E-state index >= 15 is 0 Å². The number of carbonyl (C=O) groups is 1. The molecule has 0 aromatic heterocycles. The Morgan fingerprint density at radius 2 is 2.18 bits per heavy atom. The highest BCUT2D eigenvalue weighted by Gasteiger charge is 2.45. The van der Waals surface area contributed by atoms with Gasteiger partial charge in [0.25, 0.3) is 0 Å². The molecular formula is C13H23NO3. The Labute approximate surface area is 103 Å². The fourth-order valence-corrected chi connectivity index (χ4v) is 3.21. The predicted octanol–water partition coefficient (Wildman–Crippen LogP) is 1.44. The number of piperidine rings is 1. The zero-order valence-electron chi connectivity index (χ0n) is 10.9. The highest BCUT2D eigenvalue weighted by molar-refractivity contribution is 5.73. The molecule has 1 atom stereocenters. The average Bonchev–Trinajstić information content (AvgIpc) is 2.70. The van der Waals surface area contributed by atoms with E-state index in [0.717, 1.165) is 52.0 Å². The van der Waals surface area contributed by atoms with Gasteiger partial charge < -0.3 is 14.4 Å². The fourth-order valence-electron chi connectivity index (χ4n) is 3.21. The molecule has 2 rings (SSSR count). The van der Waals surface area contributed by atoms with Crippen LogP contribution in [0.5, 0.6) is 0 Å². The van der Waals surface area contributed by atoms with Gasteiger partial charge in [-0.05, 0) is 31.6 Å². The maximum absolute atomic E-state index is 11.3. The summed E-state index contributed by atoms with van der Waals surface area (Å²) >= 11 is 0. The summed E-state index contributed by atoms with van der Waals surface area (Å²) in [6.07, 6.45) is 4.20. The van der Waals surface area contributed by atoms with Crippen molar-refractivity contribution >= 4 is 5.91 Å². The average molecular weight is 241 g/mol. The molecule has 2 fully saturated rings. The normalized spacial score (nSPS) is 27.6. The molecule has 0 saturated carbocycles. The van der Waals surface area contributed by atoms with E-state index < -0.39 is 0 Å². The lowest BCUT2D eigenvalue weighted by atomic mass is 9.78. The summed E-state index contributed by atoms with van der Waals surface area (Å²) in [6.45, 7) is 5.02. The van der Waals surface area contributed by atoms with Crippen LogP contribution < -0.4 is 0 Å². The summed E-state index contributed by atoms with van der Waals surface area (Å²) in [5.74, 6) is 0.794. The van der Waals surface area contributed by atoms with E-state index in [-0.39, 0.29) is 11.5 Å². The molecule has 0 N–H and O–H groups in total. The summed E-state index contributed by atoms with van der Waals surface area (Å²) in [6, 6.07) is 0. The SMILES string of the molecule is COCC[C@@H]1CCOC12CCN(C(C)=O)CC2. The Hall–Kier alpha value is -0.610. The van der Waals surface area contributed by atoms with E-state index in [1.54, 1.807) is 14.0 Å². The van der Waals surface area contributed by atoms with Crippen molar-refractivity contribution < 1.29 is 14.3 Å². The van der Waals surface area contributed by atoms with Crippen molar-refractivity contribution in [2.75, 3.05) is 33.4 Å². The highest BCUT2D eigenvalue weighted by Crippen LogP contribution is 2.42. The van der Waals surface area contributed by atoms with Gasteiger partial charge in [0, 0.05) is 40.3 Å². The van der Waals surface area contributed by atoms with Gasteiger partial charge in [-0.15, -0.1) is 0 Å². The maximum Gasteiger partial charge on any atom is 0.219 e. The van der Waals surface area contributed by atoms with Crippen LogP contribution in [-0.2, 0) is 14.3 Å². The minimum Gasteiger partial charge on any atom is -0.385 e. The predicted molar refractivity (Wildman–Crippen MR) is 64.8 cm³/mol. The van der Waals surface area contributed by atoms with Crippen molar-refractivity contribution in [2.24, 2.45) is 5.92 Å². The van der Waals surface area contributed by atoms with E-state index in [1.165, 1.54) is 0 Å². The lowest BCUT2D eigenvalue weighted by Gasteiger charge is -2.42. The molecule has 0 aromatic carbocycles. The van der Waals surface area contributed by atoms with Gasteiger partial charge in [0.05, 0.1) is 5.60 Å². The van der Waals surface area contributed by atoms with Crippen molar-refractivity contribution in [1.82, 2.24) is 4.90 Å². The monoisotopic (exact) mass is 241 g/mol. The van der Waals surface area contributed by atoms with Gasteiger partial charge in [-0.1, -0.05) is 0 Å². The first-order chi connectivity index (χ1) is 8.18. The van der Waals surface area contributed by atoms with Crippen molar-refractivity contribution in [1.29, 1.82) is 0 Å². The molecule has 0 aromatic rings. The van der Waals surface area contributed by atoms with Crippen LogP contribution in [0.25, 0.3) is 0 Å². The van der Waals surface area contributed by atoms with Gasteiger partial charge in [-0.3, -0.25) is 4.79 Å². The van der Waals surface area contributed by atoms with Crippen LogP contribution in [-0.4, -0.2) is 49.8 Å². The molecule has 4 nitrogen and oxygen atoms in total. The molecule has 2 aliphatic rings. The van der Waals surface area contributed by atoms with Gasteiger partial charge in [0.15, 0.2) is 0 Å². The number of methoxy groups -OCH3 is 1. The van der Waals surface area contributed by atoms with Crippen molar-refractivity contribution in [2.45, 2.75) is 38.2 Å². The molecule has 2 saturated heterocycles. The van der Waals surface area contributed by atoms with Crippen LogP contribution in [0.3, 0.4) is 0 Å². The summed E-state index contributed by atoms with van der Waals surface area (Å²) < 4.78 is 11.2. The van der Waals surface area contributed by atoms with Crippen LogP contribution in [0.4, 0.5) is 0 Å². The van der Waals surface area contributed by atoms with E-state index in [9.17, 15) is 4.79 Å². The van der Waals surface area contributed by atoms with Gasteiger partial charge in [0.1, 0.15) is 0 Å². The van der Waals surface area contributed by atoms with Gasteiger partial charge in [0.2, 0.25) is 5.91 Å². The second kappa shape index (κ2) is 5.36. The van der Waals surface area contributed by atoms with Gasteiger partial charge >= 0.3 is 0 Å². The van der Waals surface area contributed by atoms with Crippen LogP contribution in [0.1, 0.15) is 32.6 Å². The van der Waals surface area contributed by atoms with Crippen molar-refractivity contribution in [3.63, 3.8) is 0 Å². The van der Waals surface area contributed by atoms with Gasteiger partial charge in [-0.25, -0.2) is 0 Å². The third-order valence-corrected chi connectivity index (χ3v) is 4.33. The molecule has 1 spiro atoms. The topological polar surface area (TPSA) is 38.8 Å². The largest absolute Gasteiger partial charge is 0.385 e. The van der Waals surface area contributed by atoms with Crippen LogP contribution in [0.15, 0.2) is 0 Å². The number of hydrogen-bond donors (Lipinski definition) is 0. The molecule has 17 heavy (non-hydrogen) atoms. The lowest BCUT2D eigenvalue weighted by molar-refractivity contribution is -0.135. The molecule has 98 valence electrons. The first kappa shape index (κ1) is 12.8. The van der Waals surface area contributed by atoms with Crippen LogP contribution in [0, 0.1) is 5.92 Å². The molecular weight excluding hydrogens is 218 g/mol. The molecule has 0 aliphatic carbocycles. The Kier molecular flexibility index (Phi) is 4.05. The second-order valence-corrected chi connectivity index (χ2v) is 5.19. The number of amides is 1. The third kappa shape index (κ3) is 2.63. The standard InChI is InChI=1S/C13H23NO3/c1-11(15)14-7-5-13(6-8-14)12(3-9-16-2)4-10-17-13/h12H,3-10H2,1-2H3/t12-/m1/s1. The summed E-state index contributed by atoms with van der Waals surface area (Å²) in [5, 5.41) is 0. The summed E-state index contributed by atoms with van der Waals surface area (Å²) in [5.41, 5.74) is 0.0322.